The molecule has 1 aromatic heterocycles. The molecule has 0 bridgehead atoms. The van der Waals surface area contributed by atoms with Gasteiger partial charge >= 0.3 is 5.97 Å². The molecular formula is C16H19N3O3. The fraction of sp³-hybridized carbons (Fsp3) is 0.375. The van der Waals surface area contributed by atoms with E-state index in [1.54, 1.807) is 24.5 Å². The Morgan fingerprint density at radius 3 is 2.64 bits per heavy atom. The molecule has 0 spiro atoms. The van der Waals surface area contributed by atoms with Crippen molar-refractivity contribution in [3.8, 4) is 5.75 Å². The largest absolute Gasteiger partial charge is 0.478 e. The van der Waals surface area contributed by atoms with E-state index in [9.17, 15) is 9.90 Å². The van der Waals surface area contributed by atoms with Gasteiger partial charge in [-0.2, -0.15) is 0 Å². The molecule has 0 saturated carbocycles. The van der Waals surface area contributed by atoms with Gasteiger partial charge in [0.1, 0.15) is 11.6 Å². The number of aromatic amines is 1. The molecule has 1 aliphatic heterocycles. The SMILES string of the molecule is O=C(O)C1(Oc2ccccc2)CCN(Cc2ncc[nH]2)CC1. The molecule has 0 radical (unpaired) electrons. The summed E-state index contributed by atoms with van der Waals surface area (Å²) in [4.78, 5) is 21.2. The van der Waals surface area contributed by atoms with Crippen molar-refractivity contribution in [1.29, 1.82) is 0 Å². The van der Waals surface area contributed by atoms with Gasteiger partial charge in [-0.3, -0.25) is 4.90 Å². The Morgan fingerprint density at radius 1 is 1.32 bits per heavy atom. The maximum absolute atomic E-state index is 11.7. The van der Waals surface area contributed by atoms with Crippen molar-refractivity contribution in [2.24, 2.45) is 0 Å². The highest BCUT2D eigenvalue weighted by atomic mass is 16.5. The van der Waals surface area contributed by atoms with Crippen LogP contribution in [0, 0.1) is 0 Å². The number of piperidine rings is 1. The van der Waals surface area contributed by atoms with Crippen molar-refractivity contribution in [3.63, 3.8) is 0 Å². The van der Waals surface area contributed by atoms with Crippen LogP contribution in [0.15, 0.2) is 42.7 Å². The van der Waals surface area contributed by atoms with Crippen LogP contribution >= 0.6 is 0 Å². The number of ether oxygens (including phenoxy) is 1. The first-order valence-electron chi connectivity index (χ1n) is 7.36. The topological polar surface area (TPSA) is 78.5 Å². The lowest BCUT2D eigenvalue weighted by atomic mass is 9.91. The third-order valence-electron chi connectivity index (χ3n) is 4.04. The van der Waals surface area contributed by atoms with E-state index in [1.165, 1.54) is 0 Å². The number of benzene rings is 1. The summed E-state index contributed by atoms with van der Waals surface area (Å²) in [6.45, 7) is 2.04. The van der Waals surface area contributed by atoms with E-state index in [4.69, 9.17) is 4.74 Å². The fourth-order valence-corrected chi connectivity index (χ4v) is 2.74. The van der Waals surface area contributed by atoms with E-state index in [1.807, 2.05) is 18.2 Å². The molecule has 0 atom stereocenters. The van der Waals surface area contributed by atoms with Crippen LogP contribution < -0.4 is 4.74 Å². The number of aromatic nitrogens is 2. The summed E-state index contributed by atoms with van der Waals surface area (Å²) in [5.41, 5.74) is -1.14. The first kappa shape index (κ1) is 14.6. The summed E-state index contributed by atoms with van der Waals surface area (Å²) < 4.78 is 5.84. The quantitative estimate of drug-likeness (QED) is 0.882. The lowest BCUT2D eigenvalue weighted by molar-refractivity contribution is -0.159. The highest BCUT2D eigenvalue weighted by Crippen LogP contribution is 2.29. The van der Waals surface area contributed by atoms with E-state index >= 15 is 0 Å². The summed E-state index contributed by atoms with van der Waals surface area (Å²) in [5.74, 6) is 0.602. The van der Waals surface area contributed by atoms with Crippen molar-refractivity contribution in [2.45, 2.75) is 25.0 Å². The Morgan fingerprint density at radius 2 is 2.05 bits per heavy atom. The van der Waals surface area contributed by atoms with Crippen LogP contribution in [0.25, 0.3) is 0 Å². The Bertz CT molecular complexity index is 605. The number of carboxylic acid groups (broad SMARTS) is 1. The Balaban J connectivity index is 1.65. The maximum Gasteiger partial charge on any atom is 0.348 e. The Kier molecular flexibility index (Phi) is 4.11. The van der Waals surface area contributed by atoms with Crippen molar-refractivity contribution in [1.82, 2.24) is 14.9 Å². The van der Waals surface area contributed by atoms with Crippen LogP contribution in [0.3, 0.4) is 0 Å². The van der Waals surface area contributed by atoms with Crippen LogP contribution in [-0.4, -0.2) is 44.6 Å². The van der Waals surface area contributed by atoms with E-state index in [2.05, 4.69) is 14.9 Å². The predicted molar refractivity (Wildman–Crippen MR) is 80.5 cm³/mol. The number of nitrogens with zero attached hydrogens (tertiary/aromatic N) is 2. The van der Waals surface area contributed by atoms with E-state index in [0.717, 1.165) is 5.82 Å². The van der Waals surface area contributed by atoms with Crippen molar-refractivity contribution < 1.29 is 14.6 Å². The molecule has 1 aromatic carbocycles. The molecule has 0 aliphatic carbocycles. The van der Waals surface area contributed by atoms with Gasteiger partial charge in [-0.25, -0.2) is 9.78 Å². The number of nitrogens with one attached hydrogen (secondary N) is 1. The molecule has 0 amide bonds. The van der Waals surface area contributed by atoms with Crippen LogP contribution in [0.1, 0.15) is 18.7 Å². The molecule has 1 aliphatic rings. The summed E-state index contributed by atoms with van der Waals surface area (Å²) >= 11 is 0. The zero-order valence-electron chi connectivity index (χ0n) is 12.2. The molecular weight excluding hydrogens is 282 g/mol. The van der Waals surface area contributed by atoms with Crippen LogP contribution in [0.2, 0.25) is 0 Å². The first-order chi connectivity index (χ1) is 10.7. The molecule has 2 heterocycles. The fourth-order valence-electron chi connectivity index (χ4n) is 2.74. The van der Waals surface area contributed by atoms with E-state index in [0.29, 0.717) is 38.2 Å². The monoisotopic (exact) mass is 301 g/mol. The second-order valence-electron chi connectivity index (χ2n) is 5.53. The molecule has 3 rings (SSSR count). The first-order valence-corrected chi connectivity index (χ1v) is 7.36. The third-order valence-corrected chi connectivity index (χ3v) is 4.04. The lowest BCUT2D eigenvalue weighted by Crippen LogP contribution is -2.53. The number of carboxylic acids is 1. The van der Waals surface area contributed by atoms with Crippen molar-refractivity contribution in [3.05, 3.63) is 48.5 Å². The van der Waals surface area contributed by atoms with Gasteiger partial charge in [0.05, 0.1) is 6.54 Å². The number of H-pyrrole nitrogens is 1. The van der Waals surface area contributed by atoms with Gasteiger partial charge in [0.15, 0.2) is 0 Å². The predicted octanol–water partition coefficient (Wildman–Crippen LogP) is 1.91. The number of para-hydroxylation sites is 1. The van der Waals surface area contributed by atoms with E-state index in [-0.39, 0.29) is 0 Å². The zero-order chi connectivity index (χ0) is 15.4. The van der Waals surface area contributed by atoms with Gasteiger partial charge in [0.2, 0.25) is 5.60 Å². The summed E-state index contributed by atoms with van der Waals surface area (Å²) in [7, 11) is 0. The molecule has 6 nitrogen and oxygen atoms in total. The van der Waals surface area contributed by atoms with Crippen molar-refractivity contribution >= 4 is 5.97 Å². The Hall–Kier alpha value is -2.34. The van der Waals surface area contributed by atoms with Gasteiger partial charge in [0, 0.05) is 38.3 Å². The summed E-state index contributed by atoms with van der Waals surface area (Å²) in [6, 6.07) is 9.15. The molecule has 2 aromatic rings. The number of aliphatic carboxylic acids is 1. The van der Waals surface area contributed by atoms with Crippen LogP contribution in [0.5, 0.6) is 5.75 Å². The number of likely N-dealkylation sites (tertiary alicyclic amines) is 1. The maximum atomic E-state index is 11.7. The number of carbonyl (C=O) groups is 1. The summed E-state index contributed by atoms with van der Waals surface area (Å²) in [5, 5.41) is 9.63. The van der Waals surface area contributed by atoms with Crippen LogP contribution in [0.4, 0.5) is 0 Å². The minimum Gasteiger partial charge on any atom is -0.478 e. The lowest BCUT2D eigenvalue weighted by Gasteiger charge is -2.38. The minimum atomic E-state index is -1.14. The number of hydrogen-bond acceptors (Lipinski definition) is 4. The molecule has 0 unspecified atom stereocenters. The molecule has 1 saturated heterocycles. The molecule has 2 N–H and O–H groups in total. The standard InChI is InChI=1S/C16H19N3O3/c20-15(21)16(22-13-4-2-1-3-5-13)6-10-19(11-7-16)12-14-17-8-9-18-14/h1-5,8-9H,6-7,10-12H2,(H,17,18)(H,20,21). The van der Waals surface area contributed by atoms with Gasteiger partial charge in [-0.05, 0) is 12.1 Å². The minimum absolute atomic E-state index is 0.456. The van der Waals surface area contributed by atoms with Crippen LogP contribution in [-0.2, 0) is 11.3 Å². The molecule has 1 fully saturated rings. The smallest absolute Gasteiger partial charge is 0.348 e. The van der Waals surface area contributed by atoms with Gasteiger partial charge in [-0.15, -0.1) is 0 Å². The number of hydrogen-bond donors (Lipinski definition) is 2. The number of imidazole rings is 1. The number of rotatable bonds is 5. The molecule has 6 heteroatoms. The molecule has 22 heavy (non-hydrogen) atoms. The van der Waals surface area contributed by atoms with E-state index < -0.39 is 11.6 Å². The second kappa shape index (κ2) is 6.19. The highest BCUT2D eigenvalue weighted by Gasteiger charge is 2.44. The summed E-state index contributed by atoms with van der Waals surface area (Å²) in [6.07, 6.45) is 4.43. The average molecular weight is 301 g/mol. The molecule has 116 valence electrons. The highest BCUT2D eigenvalue weighted by molar-refractivity contribution is 5.78. The van der Waals surface area contributed by atoms with Gasteiger partial charge < -0.3 is 14.8 Å². The van der Waals surface area contributed by atoms with Gasteiger partial charge in [0.25, 0.3) is 0 Å². The normalized spacial score (nSPS) is 18.0. The average Bonchev–Trinajstić information content (AvgIpc) is 3.03. The third kappa shape index (κ3) is 3.12. The Labute approximate surface area is 128 Å². The zero-order valence-corrected chi connectivity index (χ0v) is 12.2. The van der Waals surface area contributed by atoms with Crippen molar-refractivity contribution in [2.75, 3.05) is 13.1 Å². The van der Waals surface area contributed by atoms with Gasteiger partial charge in [-0.1, -0.05) is 18.2 Å². The second-order valence-corrected chi connectivity index (χ2v) is 5.53.